The lowest BCUT2D eigenvalue weighted by molar-refractivity contribution is -0.870. The van der Waals surface area contributed by atoms with Gasteiger partial charge in [-0.1, -0.05) is 43.3 Å². The molecule has 276 valence electrons. The maximum atomic E-state index is 15.6. The average molecular weight is 768 g/mol. The van der Waals surface area contributed by atoms with Crippen molar-refractivity contribution in [1.82, 2.24) is 13.9 Å². The summed E-state index contributed by atoms with van der Waals surface area (Å²) in [5, 5.41) is 10.4. The molecule has 0 aliphatic rings. The number of quaternary nitrogens is 1. The number of nitrogens with zero attached hydrogens (tertiary/aromatic N) is 4. The Morgan fingerprint density at radius 2 is 1.69 bits per heavy atom. The standard InChI is InChI=1S/C36H42ClF3N4O5S2/c1-23(34(45)46)42(16-8-9-17-44(4,5)6)51(47,48)27-19-30(39)28(31(40)20-27)22-50-35-41-21-33(43(35)26-13-11-25(38)12-14-26)36(2,3)24-10-15-29(37)32(18-24)49-7/h10-15,18-21,23H,8-9,16-17,22H2,1-7H3/p+1/t23-/m1/s1. The van der Waals surface area contributed by atoms with E-state index in [4.69, 9.17) is 16.3 Å². The highest BCUT2D eigenvalue weighted by Gasteiger charge is 2.35. The van der Waals surface area contributed by atoms with Gasteiger partial charge in [-0.25, -0.2) is 26.6 Å². The van der Waals surface area contributed by atoms with Gasteiger partial charge in [-0.15, -0.1) is 0 Å². The number of carbonyl (C=O) groups is 1. The molecule has 0 saturated carbocycles. The van der Waals surface area contributed by atoms with Crippen molar-refractivity contribution in [2.45, 2.75) is 60.9 Å². The fraction of sp³-hybridized carbons (Fsp3) is 0.389. The molecule has 0 aliphatic carbocycles. The van der Waals surface area contributed by atoms with Crippen LogP contribution in [0.3, 0.4) is 0 Å². The van der Waals surface area contributed by atoms with Crippen molar-refractivity contribution >= 4 is 39.4 Å². The quantitative estimate of drug-likeness (QED) is 0.0716. The Morgan fingerprint density at radius 1 is 1.06 bits per heavy atom. The van der Waals surface area contributed by atoms with Crippen LogP contribution < -0.4 is 4.74 Å². The number of unbranched alkanes of at least 4 members (excludes halogenated alkanes) is 1. The van der Waals surface area contributed by atoms with Gasteiger partial charge in [0.2, 0.25) is 10.0 Å². The number of hydrogen-bond donors (Lipinski definition) is 1. The van der Waals surface area contributed by atoms with Gasteiger partial charge in [0.15, 0.2) is 5.16 Å². The summed E-state index contributed by atoms with van der Waals surface area (Å²) in [7, 11) is 2.87. The van der Waals surface area contributed by atoms with Crippen molar-refractivity contribution in [3.8, 4) is 11.4 Å². The first kappa shape index (κ1) is 40.2. The molecule has 1 heterocycles. The molecule has 0 saturated heterocycles. The van der Waals surface area contributed by atoms with E-state index in [1.807, 2.05) is 41.1 Å². The van der Waals surface area contributed by atoms with E-state index in [9.17, 15) is 22.7 Å². The van der Waals surface area contributed by atoms with Gasteiger partial charge in [-0.2, -0.15) is 4.31 Å². The van der Waals surface area contributed by atoms with Crippen molar-refractivity contribution in [3.05, 3.63) is 100 Å². The Hall–Kier alpha value is -3.56. The number of hydrogen-bond acceptors (Lipinski definition) is 6. The number of halogens is 4. The van der Waals surface area contributed by atoms with Gasteiger partial charge in [0.1, 0.15) is 29.2 Å². The van der Waals surface area contributed by atoms with Gasteiger partial charge < -0.3 is 14.3 Å². The molecule has 0 bridgehead atoms. The van der Waals surface area contributed by atoms with Crippen molar-refractivity contribution in [3.63, 3.8) is 0 Å². The molecule has 0 spiro atoms. The lowest BCUT2D eigenvalue weighted by atomic mass is 9.81. The fourth-order valence-electron chi connectivity index (χ4n) is 5.55. The molecular formula is C36H43ClF3N4O5S2+. The van der Waals surface area contributed by atoms with Crippen molar-refractivity contribution in [1.29, 1.82) is 0 Å². The maximum Gasteiger partial charge on any atom is 0.321 e. The molecule has 0 aliphatic heterocycles. The number of aliphatic carboxylic acids is 1. The molecule has 4 rings (SSSR count). The molecule has 15 heteroatoms. The second-order valence-electron chi connectivity index (χ2n) is 13.7. The number of methoxy groups -OCH3 is 1. The molecule has 0 radical (unpaired) electrons. The Bertz CT molecular complexity index is 1960. The molecular weight excluding hydrogens is 725 g/mol. The topological polar surface area (TPSA) is 102 Å². The molecule has 51 heavy (non-hydrogen) atoms. The predicted octanol–water partition coefficient (Wildman–Crippen LogP) is 7.52. The molecule has 1 atom stereocenters. The van der Waals surface area contributed by atoms with Crippen LogP contribution in [0.25, 0.3) is 5.69 Å². The van der Waals surface area contributed by atoms with Crippen LogP contribution in [0.4, 0.5) is 13.2 Å². The third-order valence-corrected chi connectivity index (χ3v) is 11.9. The Morgan fingerprint density at radius 3 is 2.25 bits per heavy atom. The molecule has 0 fully saturated rings. The number of thioether (sulfide) groups is 1. The van der Waals surface area contributed by atoms with Gasteiger partial charge >= 0.3 is 5.97 Å². The number of imidazole rings is 1. The normalized spacial score (nSPS) is 13.1. The van der Waals surface area contributed by atoms with E-state index in [0.717, 1.165) is 40.3 Å². The average Bonchev–Trinajstić information content (AvgIpc) is 3.48. The first-order valence-corrected chi connectivity index (χ1v) is 18.9. The highest BCUT2D eigenvalue weighted by Crippen LogP contribution is 2.39. The highest BCUT2D eigenvalue weighted by atomic mass is 35.5. The number of aromatic nitrogens is 2. The Labute approximate surface area is 306 Å². The summed E-state index contributed by atoms with van der Waals surface area (Å²) in [6, 6.07) is 11.1. The molecule has 9 nitrogen and oxygen atoms in total. The van der Waals surface area contributed by atoms with E-state index in [0.29, 0.717) is 44.6 Å². The van der Waals surface area contributed by atoms with Crippen LogP contribution in [-0.2, 0) is 26.0 Å². The predicted molar refractivity (Wildman–Crippen MR) is 193 cm³/mol. The molecule has 0 amide bonds. The second kappa shape index (κ2) is 16.0. The number of carboxylic acid groups (broad SMARTS) is 1. The summed E-state index contributed by atoms with van der Waals surface area (Å²) in [4.78, 5) is 15.8. The smallest absolute Gasteiger partial charge is 0.321 e. The lowest BCUT2D eigenvalue weighted by Gasteiger charge is -2.28. The minimum atomic E-state index is -4.59. The van der Waals surface area contributed by atoms with E-state index in [-0.39, 0.29) is 12.3 Å². The van der Waals surface area contributed by atoms with E-state index >= 15 is 8.78 Å². The van der Waals surface area contributed by atoms with Crippen LogP contribution in [0, 0.1) is 17.5 Å². The summed E-state index contributed by atoms with van der Waals surface area (Å²) in [6.07, 6.45) is 2.60. The monoisotopic (exact) mass is 767 g/mol. The number of sulfonamides is 1. The number of carboxylic acids is 1. The minimum absolute atomic E-state index is 0.135. The third-order valence-electron chi connectivity index (χ3n) is 8.64. The maximum absolute atomic E-state index is 15.6. The molecule has 1 aromatic heterocycles. The summed E-state index contributed by atoms with van der Waals surface area (Å²) in [6.45, 7) is 5.72. The molecule has 3 aromatic carbocycles. The summed E-state index contributed by atoms with van der Waals surface area (Å²) < 4.78 is 81.1. The number of benzene rings is 3. The fourth-order valence-corrected chi connectivity index (χ4v) is 8.41. The van der Waals surface area contributed by atoms with Gasteiger partial charge in [-0.05, 0) is 73.9 Å². The number of ether oxygens (including phenoxy) is 1. The van der Waals surface area contributed by atoms with Gasteiger partial charge in [0, 0.05) is 29.0 Å². The van der Waals surface area contributed by atoms with Gasteiger partial charge in [0.25, 0.3) is 0 Å². The zero-order chi connectivity index (χ0) is 37.9. The van der Waals surface area contributed by atoms with Crippen molar-refractivity contribution < 1.29 is 40.7 Å². The summed E-state index contributed by atoms with van der Waals surface area (Å²) in [5.41, 5.74) is 0.957. The first-order valence-electron chi connectivity index (χ1n) is 16.1. The van der Waals surface area contributed by atoms with Crippen LogP contribution in [-0.4, -0.2) is 85.2 Å². The minimum Gasteiger partial charge on any atom is -0.495 e. The third kappa shape index (κ3) is 9.28. The van der Waals surface area contributed by atoms with Gasteiger partial charge in [0.05, 0.1) is 56.6 Å². The largest absolute Gasteiger partial charge is 0.495 e. The van der Waals surface area contributed by atoms with E-state index in [1.165, 1.54) is 26.2 Å². The van der Waals surface area contributed by atoms with E-state index in [1.54, 1.807) is 35.0 Å². The van der Waals surface area contributed by atoms with Crippen LogP contribution in [0.1, 0.15) is 50.4 Å². The van der Waals surface area contributed by atoms with Gasteiger partial charge in [-0.3, -0.25) is 9.36 Å². The van der Waals surface area contributed by atoms with Crippen molar-refractivity contribution in [2.24, 2.45) is 0 Å². The molecule has 1 N–H and O–H groups in total. The SMILES string of the molecule is COc1cc(C(C)(C)c2cnc(SCc3c(F)cc(S(=O)(=O)N(CCCC[N+](C)(C)C)[C@H](C)C(=O)O)cc3F)n2-c2ccc(F)cc2)ccc1Cl. The van der Waals surface area contributed by atoms with E-state index < -0.39 is 55.4 Å². The second-order valence-corrected chi connectivity index (χ2v) is 17.0. The Kier molecular flexibility index (Phi) is 12.6. The first-order chi connectivity index (χ1) is 23.8. The highest BCUT2D eigenvalue weighted by molar-refractivity contribution is 7.98. The van der Waals surface area contributed by atoms with Crippen molar-refractivity contribution in [2.75, 3.05) is 41.3 Å². The lowest BCUT2D eigenvalue weighted by Crippen LogP contribution is -2.44. The zero-order valence-corrected chi connectivity index (χ0v) is 32.0. The molecule has 0 unspecified atom stereocenters. The van der Waals surface area contributed by atoms with Crippen LogP contribution >= 0.6 is 23.4 Å². The zero-order valence-electron chi connectivity index (χ0n) is 29.6. The Balaban J connectivity index is 1.67. The number of rotatable bonds is 16. The van der Waals surface area contributed by atoms with E-state index in [2.05, 4.69) is 4.98 Å². The summed E-state index contributed by atoms with van der Waals surface area (Å²) in [5.74, 6) is -3.85. The molecule has 4 aromatic rings. The van der Waals surface area contributed by atoms with Crippen LogP contribution in [0.2, 0.25) is 5.02 Å². The van der Waals surface area contributed by atoms with Crippen LogP contribution in [0.5, 0.6) is 5.75 Å². The van der Waals surface area contributed by atoms with Crippen LogP contribution in [0.15, 0.2) is 70.8 Å². The summed E-state index contributed by atoms with van der Waals surface area (Å²) >= 11 is 7.28.